The molecule has 1 N–H and O–H groups in total. The second-order valence-corrected chi connectivity index (χ2v) is 8.89. The Morgan fingerprint density at radius 1 is 1.25 bits per heavy atom. The van der Waals surface area contributed by atoms with E-state index in [-0.39, 0.29) is 0 Å². The summed E-state index contributed by atoms with van der Waals surface area (Å²) < 4.78 is 5.46. The van der Waals surface area contributed by atoms with E-state index in [9.17, 15) is 0 Å². The van der Waals surface area contributed by atoms with Gasteiger partial charge in [-0.15, -0.1) is 11.3 Å². The molecule has 1 aromatic rings. The number of anilines is 1. The van der Waals surface area contributed by atoms with Crippen LogP contribution in [0.15, 0.2) is 10.4 Å². The summed E-state index contributed by atoms with van der Waals surface area (Å²) in [5, 5.41) is 6.97. The average molecular weight is 407 g/mol. The van der Waals surface area contributed by atoms with E-state index in [1.165, 1.54) is 49.7 Å². The van der Waals surface area contributed by atoms with Gasteiger partial charge in [-0.3, -0.25) is 9.89 Å². The minimum atomic E-state index is 0.734. The summed E-state index contributed by atoms with van der Waals surface area (Å²) in [4.78, 5) is 16.7. The van der Waals surface area contributed by atoms with Crippen LogP contribution in [0.5, 0.6) is 0 Å². The molecule has 3 aliphatic rings. The van der Waals surface area contributed by atoms with Crippen molar-refractivity contribution in [1.82, 2.24) is 20.1 Å². The van der Waals surface area contributed by atoms with E-state index < -0.39 is 0 Å². The zero-order chi connectivity index (χ0) is 19.2. The molecule has 0 spiro atoms. The molecule has 4 heterocycles. The summed E-state index contributed by atoms with van der Waals surface area (Å²) in [5.74, 6) is 1.78. The van der Waals surface area contributed by atoms with Gasteiger partial charge in [0, 0.05) is 71.2 Å². The molecule has 0 radical (unpaired) electrons. The van der Waals surface area contributed by atoms with Gasteiger partial charge in [0.2, 0.25) is 0 Å². The van der Waals surface area contributed by atoms with Gasteiger partial charge < -0.3 is 19.9 Å². The Morgan fingerprint density at radius 3 is 2.86 bits per heavy atom. The van der Waals surface area contributed by atoms with E-state index in [0.29, 0.717) is 0 Å². The van der Waals surface area contributed by atoms with Gasteiger partial charge in [0.15, 0.2) is 11.1 Å². The van der Waals surface area contributed by atoms with Crippen LogP contribution in [0, 0.1) is 5.92 Å². The first-order chi connectivity index (χ1) is 13.8. The number of guanidine groups is 1. The Morgan fingerprint density at radius 2 is 2.07 bits per heavy atom. The summed E-state index contributed by atoms with van der Waals surface area (Å²) in [5.41, 5.74) is 1.20. The van der Waals surface area contributed by atoms with Crippen molar-refractivity contribution in [2.75, 3.05) is 77.5 Å². The van der Waals surface area contributed by atoms with E-state index >= 15 is 0 Å². The van der Waals surface area contributed by atoms with Gasteiger partial charge >= 0.3 is 0 Å². The van der Waals surface area contributed by atoms with E-state index in [4.69, 9.17) is 9.72 Å². The molecule has 156 valence electrons. The summed E-state index contributed by atoms with van der Waals surface area (Å²) in [6.45, 7) is 10.5. The monoisotopic (exact) mass is 406 g/mol. The van der Waals surface area contributed by atoms with Gasteiger partial charge in [0.25, 0.3) is 0 Å². The van der Waals surface area contributed by atoms with Crippen molar-refractivity contribution in [3.63, 3.8) is 0 Å². The summed E-state index contributed by atoms with van der Waals surface area (Å²) >= 11 is 1.79. The van der Waals surface area contributed by atoms with Crippen molar-refractivity contribution in [3.8, 4) is 0 Å². The van der Waals surface area contributed by atoms with Gasteiger partial charge in [-0.05, 0) is 25.2 Å². The Bertz CT molecular complexity index is 638. The highest BCUT2D eigenvalue weighted by atomic mass is 32.1. The molecule has 3 saturated heterocycles. The lowest BCUT2D eigenvalue weighted by Crippen LogP contribution is -2.42. The molecule has 7 nitrogen and oxygen atoms in total. The third kappa shape index (κ3) is 5.15. The van der Waals surface area contributed by atoms with Crippen LogP contribution < -0.4 is 10.2 Å². The molecule has 0 saturated carbocycles. The lowest BCUT2D eigenvalue weighted by molar-refractivity contribution is 0.0315. The van der Waals surface area contributed by atoms with Gasteiger partial charge in [-0.2, -0.15) is 0 Å². The second-order valence-electron chi connectivity index (χ2n) is 8.05. The maximum atomic E-state index is 5.46. The van der Waals surface area contributed by atoms with E-state index in [0.717, 1.165) is 64.2 Å². The molecule has 0 amide bonds. The standard InChI is InChI=1S/C20H34N6OS/c1-21-19(26-9-5-17(15-26)14-24-10-12-27-13-11-24)22-6-4-18-16-28-20(23-18)25-7-2-3-8-25/h16-17H,2-15H2,1H3,(H,21,22). The first kappa shape index (κ1) is 19.9. The molecule has 4 rings (SSSR count). The van der Waals surface area contributed by atoms with E-state index in [1.54, 1.807) is 11.3 Å². The maximum Gasteiger partial charge on any atom is 0.193 e. The van der Waals surface area contributed by atoms with Crippen LogP contribution >= 0.6 is 11.3 Å². The van der Waals surface area contributed by atoms with Crippen molar-refractivity contribution >= 4 is 22.4 Å². The summed E-state index contributed by atoms with van der Waals surface area (Å²) in [6.07, 6.45) is 4.81. The number of aromatic nitrogens is 1. The smallest absolute Gasteiger partial charge is 0.193 e. The molecule has 3 fully saturated rings. The number of hydrogen-bond acceptors (Lipinski definition) is 6. The molecule has 1 unspecified atom stereocenters. The Balaban J connectivity index is 1.19. The molecule has 8 heteroatoms. The topological polar surface area (TPSA) is 56.2 Å². The number of ether oxygens (including phenoxy) is 1. The highest BCUT2D eigenvalue weighted by Crippen LogP contribution is 2.24. The Labute approximate surface area is 172 Å². The molecule has 3 aliphatic heterocycles. The maximum absolute atomic E-state index is 5.46. The van der Waals surface area contributed by atoms with Crippen molar-refractivity contribution in [2.24, 2.45) is 10.9 Å². The van der Waals surface area contributed by atoms with Crippen LogP contribution in [-0.2, 0) is 11.2 Å². The lowest BCUT2D eigenvalue weighted by Gasteiger charge is -2.29. The molecule has 0 bridgehead atoms. The van der Waals surface area contributed by atoms with Crippen molar-refractivity contribution in [1.29, 1.82) is 0 Å². The predicted molar refractivity (Wildman–Crippen MR) is 116 cm³/mol. The molecule has 1 atom stereocenters. The Hall–Kier alpha value is -1.38. The zero-order valence-corrected chi connectivity index (χ0v) is 17.9. The Kier molecular flexibility index (Phi) is 7.04. The quantitative estimate of drug-likeness (QED) is 0.571. The number of aliphatic imine (C=N–C) groups is 1. The number of rotatable bonds is 6. The number of thiazole rings is 1. The summed E-state index contributed by atoms with van der Waals surface area (Å²) in [7, 11) is 1.89. The van der Waals surface area contributed by atoms with Crippen LogP contribution in [-0.4, -0.2) is 93.4 Å². The van der Waals surface area contributed by atoms with Crippen molar-refractivity contribution in [3.05, 3.63) is 11.1 Å². The second kappa shape index (κ2) is 9.89. The van der Waals surface area contributed by atoms with E-state index in [2.05, 4.69) is 30.4 Å². The van der Waals surface area contributed by atoms with Crippen LogP contribution in [0.25, 0.3) is 0 Å². The molecular formula is C20H34N6OS. The number of nitrogens with zero attached hydrogens (tertiary/aromatic N) is 5. The van der Waals surface area contributed by atoms with Gasteiger partial charge in [0.05, 0.1) is 18.9 Å². The molecule has 0 aromatic carbocycles. The molecule has 28 heavy (non-hydrogen) atoms. The van der Waals surface area contributed by atoms with Gasteiger partial charge in [0.1, 0.15) is 0 Å². The van der Waals surface area contributed by atoms with Crippen molar-refractivity contribution < 1.29 is 4.74 Å². The highest BCUT2D eigenvalue weighted by molar-refractivity contribution is 7.13. The van der Waals surface area contributed by atoms with Crippen LogP contribution in [0.3, 0.4) is 0 Å². The number of likely N-dealkylation sites (tertiary alicyclic amines) is 1. The number of nitrogens with one attached hydrogen (secondary N) is 1. The average Bonchev–Trinajstić information content (AvgIpc) is 3.47. The molecule has 1 aromatic heterocycles. The number of hydrogen-bond donors (Lipinski definition) is 1. The zero-order valence-electron chi connectivity index (χ0n) is 17.1. The molecular weight excluding hydrogens is 372 g/mol. The molecule has 0 aliphatic carbocycles. The summed E-state index contributed by atoms with van der Waals surface area (Å²) in [6, 6.07) is 0. The fourth-order valence-corrected chi connectivity index (χ4v) is 5.34. The van der Waals surface area contributed by atoms with E-state index in [1.807, 2.05) is 7.05 Å². The minimum absolute atomic E-state index is 0.734. The third-order valence-electron chi connectivity index (χ3n) is 6.00. The third-order valence-corrected chi connectivity index (χ3v) is 6.95. The fourth-order valence-electron chi connectivity index (χ4n) is 4.42. The van der Waals surface area contributed by atoms with Gasteiger partial charge in [-0.25, -0.2) is 4.98 Å². The normalized spacial score (nSPS) is 24.3. The van der Waals surface area contributed by atoms with Crippen LogP contribution in [0.1, 0.15) is 25.0 Å². The lowest BCUT2D eigenvalue weighted by atomic mass is 10.1. The SMILES string of the molecule is CN=C(NCCc1csc(N2CCCC2)n1)N1CCC(CN2CCOCC2)C1. The first-order valence-electron chi connectivity index (χ1n) is 10.8. The van der Waals surface area contributed by atoms with Crippen LogP contribution in [0.4, 0.5) is 5.13 Å². The van der Waals surface area contributed by atoms with Crippen LogP contribution in [0.2, 0.25) is 0 Å². The fraction of sp³-hybridized carbons (Fsp3) is 0.800. The minimum Gasteiger partial charge on any atom is -0.379 e. The predicted octanol–water partition coefficient (Wildman–Crippen LogP) is 1.52. The number of morpholine rings is 1. The highest BCUT2D eigenvalue weighted by Gasteiger charge is 2.27. The van der Waals surface area contributed by atoms with Crippen molar-refractivity contribution in [2.45, 2.75) is 25.7 Å². The first-order valence-corrected chi connectivity index (χ1v) is 11.6. The van der Waals surface area contributed by atoms with Gasteiger partial charge in [-0.1, -0.05) is 0 Å². The largest absolute Gasteiger partial charge is 0.379 e.